The number of guanidine groups is 1. The summed E-state index contributed by atoms with van der Waals surface area (Å²) in [5, 5.41) is 6.67. The molecule has 1 aliphatic rings. The van der Waals surface area contributed by atoms with E-state index in [1.54, 1.807) is 0 Å². The van der Waals surface area contributed by atoms with E-state index in [1.165, 1.54) is 32.6 Å². The summed E-state index contributed by atoms with van der Waals surface area (Å²) in [6, 6.07) is 0. The fourth-order valence-electron chi connectivity index (χ4n) is 2.81. The minimum atomic E-state index is 0.705. The minimum Gasteiger partial charge on any atom is -0.380 e. The van der Waals surface area contributed by atoms with E-state index in [2.05, 4.69) is 53.2 Å². The van der Waals surface area contributed by atoms with E-state index in [-0.39, 0.29) is 0 Å². The monoisotopic (exact) mass is 355 g/mol. The van der Waals surface area contributed by atoms with Gasteiger partial charge < -0.3 is 25.2 Å². The third-order valence-electron chi connectivity index (χ3n) is 4.44. The van der Waals surface area contributed by atoms with E-state index in [0.29, 0.717) is 5.92 Å². The first-order valence-corrected chi connectivity index (χ1v) is 10.1. The van der Waals surface area contributed by atoms with Gasteiger partial charge in [0.2, 0.25) is 0 Å². The summed E-state index contributed by atoms with van der Waals surface area (Å²) in [7, 11) is 2.22. The Balaban J connectivity index is 2.14. The van der Waals surface area contributed by atoms with E-state index < -0.39 is 0 Å². The molecule has 0 atom stereocenters. The molecule has 0 saturated carbocycles. The highest BCUT2D eigenvalue weighted by Crippen LogP contribution is 2.02. The first kappa shape index (κ1) is 22.2. The lowest BCUT2D eigenvalue weighted by Gasteiger charge is -2.19. The SMILES string of the molecule is CCNC(=NCCCN1CCCN(C)CC1)NCCOCCC(C)C. The van der Waals surface area contributed by atoms with Crippen LogP contribution < -0.4 is 10.6 Å². The Labute approximate surface area is 155 Å². The lowest BCUT2D eigenvalue weighted by molar-refractivity contribution is 0.128. The number of likely N-dealkylation sites (N-methyl/N-ethyl adjacent to an activating group) is 1. The van der Waals surface area contributed by atoms with Crippen molar-refractivity contribution in [1.29, 1.82) is 0 Å². The first-order chi connectivity index (χ1) is 12.1. The third kappa shape index (κ3) is 12.2. The summed E-state index contributed by atoms with van der Waals surface area (Å²) in [4.78, 5) is 9.68. The normalized spacial score (nSPS) is 17.7. The van der Waals surface area contributed by atoms with Gasteiger partial charge in [0, 0.05) is 39.3 Å². The maximum Gasteiger partial charge on any atom is 0.191 e. The van der Waals surface area contributed by atoms with Crippen LogP contribution in [0, 0.1) is 5.92 Å². The number of hydrogen-bond acceptors (Lipinski definition) is 4. The fourth-order valence-corrected chi connectivity index (χ4v) is 2.81. The largest absolute Gasteiger partial charge is 0.380 e. The number of hydrogen-bond donors (Lipinski definition) is 2. The van der Waals surface area contributed by atoms with Crippen molar-refractivity contribution in [2.24, 2.45) is 10.9 Å². The van der Waals surface area contributed by atoms with Crippen LogP contribution in [-0.2, 0) is 4.74 Å². The maximum absolute atomic E-state index is 5.64. The molecule has 2 N–H and O–H groups in total. The Kier molecular flexibility index (Phi) is 12.7. The molecule has 0 aromatic rings. The lowest BCUT2D eigenvalue weighted by Crippen LogP contribution is -2.39. The van der Waals surface area contributed by atoms with Crippen LogP contribution in [0.4, 0.5) is 0 Å². The van der Waals surface area contributed by atoms with E-state index in [4.69, 9.17) is 4.74 Å². The summed E-state index contributed by atoms with van der Waals surface area (Å²) in [6.07, 6.45) is 3.52. The number of nitrogens with one attached hydrogen (secondary N) is 2. The van der Waals surface area contributed by atoms with E-state index in [0.717, 1.165) is 58.2 Å². The van der Waals surface area contributed by atoms with Crippen molar-refractivity contribution in [3.8, 4) is 0 Å². The van der Waals surface area contributed by atoms with Crippen molar-refractivity contribution in [2.75, 3.05) is 72.6 Å². The van der Waals surface area contributed by atoms with Gasteiger partial charge in [-0.15, -0.1) is 0 Å². The molecule has 0 spiro atoms. The fraction of sp³-hybridized carbons (Fsp3) is 0.947. The van der Waals surface area contributed by atoms with Crippen molar-refractivity contribution < 1.29 is 4.74 Å². The smallest absolute Gasteiger partial charge is 0.191 e. The number of nitrogens with zero attached hydrogens (tertiary/aromatic N) is 3. The molecular weight excluding hydrogens is 314 g/mol. The van der Waals surface area contributed by atoms with E-state index in [1.807, 2.05) is 0 Å². The van der Waals surface area contributed by atoms with Gasteiger partial charge in [-0.05, 0) is 58.8 Å². The predicted octanol–water partition coefficient (Wildman–Crippen LogP) is 1.63. The molecule has 6 nitrogen and oxygen atoms in total. The summed E-state index contributed by atoms with van der Waals surface area (Å²) >= 11 is 0. The van der Waals surface area contributed by atoms with Crippen LogP contribution in [0.15, 0.2) is 4.99 Å². The predicted molar refractivity (Wildman–Crippen MR) is 107 cm³/mol. The molecule has 1 aliphatic heterocycles. The average Bonchev–Trinajstić information content (AvgIpc) is 2.78. The Morgan fingerprint density at radius 3 is 2.72 bits per heavy atom. The van der Waals surface area contributed by atoms with Gasteiger partial charge in [0.25, 0.3) is 0 Å². The van der Waals surface area contributed by atoms with Crippen LogP contribution in [0.1, 0.15) is 40.0 Å². The molecule has 0 aromatic heterocycles. The lowest BCUT2D eigenvalue weighted by atomic mass is 10.1. The Bertz CT molecular complexity index is 349. The first-order valence-electron chi connectivity index (χ1n) is 10.1. The molecule has 0 unspecified atom stereocenters. The molecular formula is C19H41N5O. The third-order valence-corrected chi connectivity index (χ3v) is 4.44. The summed E-state index contributed by atoms with van der Waals surface area (Å²) in [5.41, 5.74) is 0. The zero-order valence-corrected chi connectivity index (χ0v) is 17.0. The average molecular weight is 356 g/mol. The van der Waals surface area contributed by atoms with Crippen LogP contribution in [-0.4, -0.2) is 88.4 Å². The molecule has 1 fully saturated rings. The molecule has 0 radical (unpaired) electrons. The Hall–Kier alpha value is -0.850. The van der Waals surface area contributed by atoms with Gasteiger partial charge in [-0.1, -0.05) is 13.8 Å². The summed E-state index contributed by atoms with van der Waals surface area (Å²) < 4.78 is 5.64. The quantitative estimate of drug-likeness (QED) is 0.335. The van der Waals surface area contributed by atoms with E-state index >= 15 is 0 Å². The van der Waals surface area contributed by atoms with E-state index in [9.17, 15) is 0 Å². The second-order valence-electron chi connectivity index (χ2n) is 7.33. The van der Waals surface area contributed by atoms with Gasteiger partial charge in [0.05, 0.1) is 6.61 Å². The second kappa shape index (κ2) is 14.3. The van der Waals surface area contributed by atoms with Gasteiger partial charge in [-0.2, -0.15) is 0 Å². The standard InChI is InChI=1S/C19H41N5O/c1-5-20-19(22-10-17-25-16-8-18(2)3)21-9-6-12-24-13-7-11-23(4)14-15-24/h18H,5-17H2,1-4H3,(H2,20,21,22). The molecule has 1 saturated heterocycles. The second-order valence-corrected chi connectivity index (χ2v) is 7.33. The van der Waals surface area contributed by atoms with Crippen LogP contribution in [0.3, 0.4) is 0 Å². The molecule has 0 aromatic carbocycles. The molecule has 1 rings (SSSR count). The number of ether oxygens (including phenoxy) is 1. The highest BCUT2D eigenvalue weighted by Gasteiger charge is 2.11. The van der Waals surface area contributed by atoms with Crippen molar-refractivity contribution in [3.05, 3.63) is 0 Å². The van der Waals surface area contributed by atoms with Crippen molar-refractivity contribution in [3.63, 3.8) is 0 Å². The van der Waals surface area contributed by atoms with Crippen LogP contribution in [0.2, 0.25) is 0 Å². The topological polar surface area (TPSA) is 52.1 Å². The number of aliphatic imine (C=N–C) groups is 1. The van der Waals surface area contributed by atoms with Crippen molar-refractivity contribution >= 4 is 5.96 Å². The van der Waals surface area contributed by atoms with Gasteiger partial charge in [-0.3, -0.25) is 4.99 Å². The van der Waals surface area contributed by atoms with Gasteiger partial charge in [0.15, 0.2) is 5.96 Å². The Morgan fingerprint density at radius 2 is 1.96 bits per heavy atom. The highest BCUT2D eigenvalue weighted by atomic mass is 16.5. The minimum absolute atomic E-state index is 0.705. The molecule has 148 valence electrons. The summed E-state index contributed by atoms with van der Waals surface area (Å²) in [5.74, 6) is 1.61. The van der Waals surface area contributed by atoms with Crippen molar-refractivity contribution in [1.82, 2.24) is 20.4 Å². The molecule has 25 heavy (non-hydrogen) atoms. The maximum atomic E-state index is 5.64. The molecule has 0 amide bonds. The van der Waals surface area contributed by atoms with Gasteiger partial charge in [0.1, 0.15) is 0 Å². The van der Waals surface area contributed by atoms with Gasteiger partial charge in [-0.25, -0.2) is 0 Å². The summed E-state index contributed by atoms with van der Waals surface area (Å²) in [6.45, 7) is 16.7. The molecule has 0 bridgehead atoms. The Morgan fingerprint density at radius 1 is 1.12 bits per heavy atom. The molecule has 0 aliphatic carbocycles. The zero-order chi connectivity index (χ0) is 18.3. The highest BCUT2D eigenvalue weighted by molar-refractivity contribution is 5.79. The van der Waals surface area contributed by atoms with Crippen LogP contribution in [0.5, 0.6) is 0 Å². The zero-order valence-electron chi connectivity index (χ0n) is 17.0. The van der Waals surface area contributed by atoms with Crippen LogP contribution in [0.25, 0.3) is 0 Å². The van der Waals surface area contributed by atoms with Crippen LogP contribution >= 0.6 is 0 Å². The number of rotatable bonds is 11. The molecule has 6 heteroatoms. The van der Waals surface area contributed by atoms with Gasteiger partial charge >= 0.3 is 0 Å². The van der Waals surface area contributed by atoms with Crippen molar-refractivity contribution in [2.45, 2.75) is 40.0 Å². The molecule has 1 heterocycles.